The van der Waals surface area contributed by atoms with E-state index in [2.05, 4.69) is 10.4 Å². The largest absolute Gasteiger partial charge is 0.309 e. The Labute approximate surface area is 158 Å². The Kier molecular flexibility index (Phi) is 5.64. The molecule has 0 aliphatic carbocycles. The average molecular weight is 397 g/mol. The van der Waals surface area contributed by atoms with Crippen LogP contribution < -0.4 is 5.32 Å². The summed E-state index contributed by atoms with van der Waals surface area (Å²) in [6.07, 6.45) is 4.02. The molecule has 1 amide bonds. The molecule has 26 heavy (non-hydrogen) atoms. The lowest BCUT2D eigenvalue weighted by molar-refractivity contribution is -0.120. The summed E-state index contributed by atoms with van der Waals surface area (Å²) in [5.74, 6) is 0.166. The second kappa shape index (κ2) is 7.77. The number of hydrogen-bond donors (Lipinski definition) is 1. The van der Waals surface area contributed by atoms with Crippen LogP contribution in [0.15, 0.2) is 36.5 Å². The van der Waals surface area contributed by atoms with Crippen molar-refractivity contribution in [2.45, 2.75) is 19.4 Å². The standard InChI is InChI=1S/C17H21ClN4O3S/c1-26(24,25)22-9-5-14(6-10-22)17(23)19-16-7-8-21(20-16)12-13-3-2-4-15(18)11-13/h2-4,7-8,11,14H,5-6,9-10,12H2,1H3,(H,19,20,23). The van der Waals surface area contributed by atoms with Crippen LogP contribution in [0.2, 0.25) is 5.02 Å². The Morgan fingerprint density at radius 1 is 1.31 bits per heavy atom. The maximum Gasteiger partial charge on any atom is 0.228 e. The van der Waals surface area contributed by atoms with Crippen LogP contribution in [0.3, 0.4) is 0 Å². The zero-order valence-corrected chi connectivity index (χ0v) is 16.0. The number of halogens is 1. The van der Waals surface area contributed by atoms with Crippen LogP contribution in [0.25, 0.3) is 0 Å². The van der Waals surface area contributed by atoms with Crippen molar-refractivity contribution in [2.24, 2.45) is 5.92 Å². The summed E-state index contributed by atoms with van der Waals surface area (Å²) in [6.45, 7) is 1.31. The Bertz CT molecular complexity index is 889. The first-order chi connectivity index (χ1) is 12.3. The summed E-state index contributed by atoms with van der Waals surface area (Å²) in [6, 6.07) is 9.27. The average Bonchev–Trinajstić information content (AvgIpc) is 3.01. The topological polar surface area (TPSA) is 84.3 Å². The lowest BCUT2D eigenvalue weighted by Crippen LogP contribution is -2.40. The molecule has 0 spiro atoms. The van der Waals surface area contributed by atoms with Gasteiger partial charge in [0.15, 0.2) is 5.82 Å². The first kappa shape index (κ1) is 18.9. The smallest absolute Gasteiger partial charge is 0.228 e. The SMILES string of the molecule is CS(=O)(=O)N1CCC(C(=O)Nc2ccn(Cc3cccc(Cl)c3)n2)CC1. The van der Waals surface area contributed by atoms with E-state index in [1.807, 2.05) is 24.3 Å². The maximum absolute atomic E-state index is 12.4. The molecule has 0 bridgehead atoms. The van der Waals surface area contributed by atoms with E-state index in [9.17, 15) is 13.2 Å². The molecule has 3 rings (SSSR count). The van der Waals surface area contributed by atoms with Crippen LogP contribution in [0.1, 0.15) is 18.4 Å². The highest BCUT2D eigenvalue weighted by Crippen LogP contribution is 2.21. The molecule has 0 saturated carbocycles. The Hall–Kier alpha value is -1.90. The third kappa shape index (κ3) is 4.84. The van der Waals surface area contributed by atoms with Crippen LogP contribution in [0.5, 0.6) is 0 Å². The fraction of sp³-hybridized carbons (Fsp3) is 0.412. The molecule has 1 saturated heterocycles. The minimum Gasteiger partial charge on any atom is -0.309 e. The van der Waals surface area contributed by atoms with Crippen molar-refractivity contribution in [3.05, 3.63) is 47.1 Å². The number of piperidine rings is 1. The summed E-state index contributed by atoms with van der Waals surface area (Å²) in [5, 5.41) is 7.85. The second-order valence-corrected chi connectivity index (χ2v) is 8.87. The number of nitrogens with zero attached hydrogens (tertiary/aromatic N) is 3. The molecular weight excluding hydrogens is 376 g/mol. The minimum atomic E-state index is -3.19. The van der Waals surface area contributed by atoms with Crippen LogP contribution in [0.4, 0.5) is 5.82 Å². The van der Waals surface area contributed by atoms with Crippen LogP contribution in [-0.4, -0.2) is 47.8 Å². The number of amides is 1. The Balaban J connectivity index is 1.55. The molecular formula is C17H21ClN4O3S. The van der Waals surface area contributed by atoms with Gasteiger partial charge in [0.25, 0.3) is 0 Å². The number of carbonyl (C=O) groups is 1. The van der Waals surface area contributed by atoms with Crippen molar-refractivity contribution in [3.8, 4) is 0 Å². The molecule has 2 heterocycles. The number of nitrogens with one attached hydrogen (secondary N) is 1. The zero-order chi connectivity index (χ0) is 18.7. The van der Waals surface area contributed by atoms with Crippen molar-refractivity contribution in [3.63, 3.8) is 0 Å². The number of sulfonamides is 1. The highest BCUT2D eigenvalue weighted by Gasteiger charge is 2.29. The minimum absolute atomic E-state index is 0.119. The van der Waals surface area contributed by atoms with E-state index in [4.69, 9.17) is 11.6 Å². The van der Waals surface area contributed by atoms with Gasteiger partial charge in [-0.2, -0.15) is 5.10 Å². The van der Waals surface area contributed by atoms with Crippen LogP contribution in [-0.2, 0) is 21.4 Å². The van der Waals surface area contributed by atoms with Crippen LogP contribution in [0, 0.1) is 5.92 Å². The summed E-state index contributed by atoms with van der Waals surface area (Å²) >= 11 is 5.98. The van der Waals surface area contributed by atoms with Gasteiger partial charge in [0, 0.05) is 36.3 Å². The van der Waals surface area contributed by atoms with Gasteiger partial charge in [-0.3, -0.25) is 9.48 Å². The second-order valence-electron chi connectivity index (χ2n) is 6.45. The number of benzene rings is 1. The van der Waals surface area contributed by atoms with E-state index in [0.717, 1.165) is 5.56 Å². The third-order valence-corrected chi connectivity index (χ3v) is 5.96. The fourth-order valence-corrected chi connectivity index (χ4v) is 4.10. The lowest BCUT2D eigenvalue weighted by atomic mass is 9.97. The molecule has 1 aliphatic heterocycles. The lowest BCUT2D eigenvalue weighted by Gasteiger charge is -2.29. The molecule has 9 heteroatoms. The number of rotatable bonds is 5. The molecule has 0 radical (unpaired) electrons. The predicted molar refractivity (Wildman–Crippen MR) is 101 cm³/mol. The molecule has 7 nitrogen and oxygen atoms in total. The van der Waals surface area contributed by atoms with Gasteiger partial charge in [-0.25, -0.2) is 12.7 Å². The van der Waals surface area contributed by atoms with Gasteiger partial charge in [0.05, 0.1) is 12.8 Å². The van der Waals surface area contributed by atoms with Crippen molar-refractivity contribution < 1.29 is 13.2 Å². The van der Waals surface area contributed by atoms with Gasteiger partial charge in [-0.15, -0.1) is 0 Å². The van der Waals surface area contributed by atoms with Crippen molar-refractivity contribution in [1.82, 2.24) is 14.1 Å². The van der Waals surface area contributed by atoms with E-state index in [1.165, 1.54) is 10.6 Å². The first-order valence-corrected chi connectivity index (χ1v) is 10.6. The third-order valence-electron chi connectivity index (χ3n) is 4.42. The molecule has 1 N–H and O–H groups in total. The fourth-order valence-electron chi connectivity index (χ4n) is 3.02. The first-order valence-electron chi connectivity index (χ1n) is 8.35. The van der Waals surface area contributed by atoms with Crippen molar-refractivity contribution >= 4 is 33.3 Å². The number of aromatic nitrogens is 2. The monoisotopic (exact) mass is 396 g/mol. The predicted octanol–water partition coefficient (Wildman–Crippen LogP) is 2.19. The molecule has 1 aromatic heterocycles. The van der Waals surface area contributed by atoms with Gasteiger partial charge < -0.3 is 5.32 Å². The van der Waals surface area contributed by atoms with Crippen LogP contribution >= 0.6 is 11.6 Å². The van der Waals surface area contributed by atoms with Gasteiger partial charge in [0.1, 0.15) is 0 Å². The van der Waals surface area contributed by atoms with E-state index in [-0.39, 0.29) is 11.8 Å². The number of carbonyl (C=O) groups excluding carboxylic acids is 1. The summed E-state index contributed by atoms with van der Waals surface area (Å²) in [5.41, 5.74) is 1.02. The molecule has 0 atom stereocenters. The van der Waals surface area contributed by atoms with E-state index in [0.29, 0.717) is 43.3 Å². The molecule has 1 aromatic carbocycles. The summed E-state index contributed by atoms with van der Waals surface area (Å²) in [4.78, 5) is 12.4. The summed E-state index contributed by atoms with van der Waals surface area (Å²) < 4.78 is 26.2. The van der Waals surface area contributed by atoms with Crippen molar-refractivity contribution in [2.75, 3.05) is 24.7 Å². The van der Waals surface area contributed by atoms with Gasteiger partial charge in [-0.05, 0) is 30.5 Å². The number of anilines is 1. The molecule has 1 fully saturated rings. The van der Waals surface area contributed by atoms with E-state index < -0.39 is 10.0 Å². The van der Waals surface area contributed by atoms with Gasteiger partial charge in [0.2, 0.25) is 15.9 Å². The maximum atomic E-state index is 12.4. The summed E-state index contributed by atoms with van der Waals surface area (Å²) in [7, 11) is -3.19. The van der Waals surface area contributed by atoms with E-state index >= 15 is 0 Å². The highest BCUT2D eigenvalue weighted by atomic mass is 35.5. The highest BCUT2D eigenvalue weighted by molar-refractivity contribution is 7.88. The van der Waals surface area contributed by atoms with Gasteiger partial charge in [-0.1, -0.05) is 23.7 Å². The zero-order valence-electron chi connectivity index (χ0n) is 14.4. The molecule has 0 unspecified atom stereocenters. The molecule has 2 aromatic rings. The van der Waals surface area contributed by atoms with Crippen molar-refractivity contribution in [1.29, 1.82) is 0 Å². The molecule has 1 aliphatic rings. The van der Waals surface area contributed by atoms with Gasteiger partial charge >= 0.3 is 0 Å². The molecule has 140 valence electrons. The Morgan fingerprint density at radius 3 is 2.69 bits per heavy atom. The quantitative estimate of drug-likeness (QED) is 0.839. The van der Waals surface area contributed by atoms with E-state index in [1.54, 1.807) is 16.9 Å². The number of hydrogen-bond acceptors (Lipinski definition) is 4. The Morgan fingerprint density at radius 2 is 2.04 bits per heavy atom. The normalized spacial score (nSPS) is 16.5.